The van der Waals surface area contributed by atoms with Crippen molar-refractivity contribution in [3.05, 3.63) is 63.0 Å². The summed E-state index contributed by atoms with van der Waals surface area (Å²) in [6, 6.07) is 8.47. The van der Waals surface area contributed by atoms with Crippen molar-refractivity contribution in [3.63, 3.8) is 0 Å². The van der Waals surface area contributed by atoms with Crippen LogP contribution in [0.5, 0.6) is 0 Å². The topological polar surface area (TPSA) is 115 Å². The first kappa shape index (κ1) is 15.1. The van der Waals surface area contributed by atoms with Gasteiger partial charge >= 0.3 is 0 Å². The number of anilines is 1. The maximum atomic E-state index is 11.6. The Kier molecular flexibility index (Phi) is 4.62. The maximum absolute atomic E-state index is 11.6. The highest BCUT2D eigenvalue weighted by atomic mass is 35.5. The van der Waals surface area contributed by atoms with Crippen molar-refractivity contribution >= 4 is 23.1 Å². The van der Waals surface area contributed by atoms with Crippen molar-refractivity contribution < 1.29 is 5.11 Å². The molecular formula is C14H15ClN4O2. The van der Waals surface area contributed by atoms with Crippen LogP contribution in [0.2, 0.25) is 5.02 Å². The third-order valence-electron chi connectivity index (χ3n) is 2.95. The summed E-state index contributed by atoms with van der Waals surface area (Å²) in [6.07, 6.45) is 0.644. The standard InChI is InChI=1S/C14H15ClN4O2/c15-9-3-1-2-8(6-9)11(20)7-19-10-4-5-18-14(21)12(10)13(16)17/h1-6,11,20H,7H2,(H3,16,17)(H2,18,19,21)/t11-/m1/s1. The van der Waals surface area contributed by atoms with Crippen LogP contribution in [0.4, 0.5) is 5.69 Å². The number of aliphatic hydroxyl groups is 1. The predicted octanol–water partition coefficient (Wildman–Crippen LogP) is 1.46. The largest absolute Gasteiger partial charge is 0.387 e. The number of nitrogen functional groups attached to an aromatic ring is 1. The Labute approximate surface area is 126 Å². The lowest BCUT2D eigenvalue weighted by Crippen LogP contribution is -2.26. The van der Waals surface area contributed by atoms with E-state index in [1.54, 1.807) is 30.3 Å². The molecule has 0 spiro atoms. The summed E-state index contributed by atoms with van der Waals surface area (Å²) in [6.45, 7) is 0.157. The quantitative estimate of drug-likeness (QED) is 0.425. The predicted molar refractivity (Wildman–Crippen MR) is 83.0 cm³/mol. The van der Waals surface area contributed by atoms with Gasteiger partial charge in [-0.3, -0.25) is 10.2 Å². The Bertz CT molecular complexity index is 714. The van der Waals surface area contributed by atoms with Crippen molar-refractivity contribution in [2.75, 3.05) is 11.9 Å². The highest BCUT2D eigenvalue weighted by Crippen LogP contribution is 2.19. The van der Waals surface area contributed by atoms with Crippen LogP contribution < -0.4 is 16.6 Å². The summed E-state index contributed by atoms with van der Waals surface area (Å²) >= 11 is 5.87. The second kappa shape index (κ2) is 6.43. The summed E-state index contributed by atoms with van der Waals surface area (Å²) in [5.74, 6) is -0.336. The van der Waals surface area contributed by atoms with Crippen molar-refractivity contribution in [3.8, 4) is 0 Å². The van der Waals surface area contributed by atoms with Crippen LogP contribution in [0.15, 0.2) is 41.3 Å². The summed E-state index contributed by atoms with van der Waals surface area (Å²) in [4.78, 5) is 14.1. The number of nitrogens with one attached hydrogen (secondary N) is 3. The summed E-state index contributed by atoms with van der Waals surface area (Å²) < 4.78 is 0. The van der Waals surface area contributed by atoms with E-state index in [-0.39, 0.29) is 17.9 Å². The zero-order valence-corrected chi connectivity index (χ0v) is 11.8. The number of nitrogens with two attached hydrogens (primary N) is 1. The first-order valence-electron chi connectivity index (χ1n) is 6.22. The van der Waals surface area contributed by atoms with Crippen LogP contribution in [-0.4, -0.2) is 22.5 Å². The van der Waals surface area contributed by atoms with Crippen LogP contribution in [0, 0.1) is 5.41 Å². The lowest BCUT2D eigenvalue weighted by molar-refractivity contribution is 0.191. The summed E-state index contributed by atoms with van der Waals surface area (Å²) in [5.41, 5.74) is 6.05. The lowest BCUT2D eigenvalue weighted by atomic mass is 10.1. The van der Waals surface area contributed by atoms with E-state index >= 15 is 0 Å². The average molecular weight is 307 g/mol. The van der Waals surface area contributed by atoms with Gasteiger partial charge in [-0.15, -0.1) is 0 Å². The Morgan fingerprint density at radius 3 is 2.90 bits per heavy atom. The Morgan fingerprint density at radius 1 is 1.48 bits per heavy atom. The molecule has 0 radical (unpaired) electrons. The van der Waals surface area contributed by atoms with Crippen LogP contribution in [0.3, 0.4) is 0 Å². The fourth-order valence-electron chi connectivity index (χ4n) is 1.93. The molecule has 0 saturated heterocycles. The molecule has 0 aliphatic heterocycles. The van der Waals surface area contributed by atoms with Gasteiger partial charge in [0, 0.05) is 17.8 Å². The van der Waals surface area contributed by atoms with Crippen LogP contribution >= 0.6 is 11.6 Å². The van der Waals surface area contributed by atoms with Crippen molar-refractivity contribution in [2.45, 2.75) is 6.10 Å². The van der Waals surface area contributed by atoms with Gasteiger partial charge in [-0.1, -0.05) is 23.7 Å². The van der Waals surface area contributed by atoms with E-state index in [0.29, 0.717) is 16.3 Å². The van der Waals surface area contributed by atoms with Gasteiger partial charge in [0.1, 0.15) is 11.4 Å². The summed E-state index contributed by atoms with van der Waals surface area (Å²) in [5, 5.41) is 21.0. The van der Waals surface area contributed by atoms with Crippen molar-refractivity contribution in [1.82, 2.24) is 4.98 Å². The molecule has 6 nitrogen and oxygen atoms in total. The van der Waals surface area contributed by atoms with E-state index in [4.69, 9.17) is 22.7 Å². The van der Waals surface area contributed by atoms with E-state index in [2.05, 4.69) is 10.3 Å². The molecule has 1 aromatic carbocycles. The number of H-pyrrole nitrogens is 1. The number of benzene rings is 1. The number of aromatic nitrogens is 1. The molecule has 1 heterocycles. The van der Waals surface area contributed by atoms with Crippen molar-refractivity contribution in [1.29, 1.82) is 5.41 Å². The molecule has 1 aromatic heterocycles. The smallest absolute Gasteiger partial charge is 0.261 e. The third-order valence-corrected chi connectivity index (χ3v) is 3.18. The van der Waals surface area contributed by atoms with Crippen LogP contribution in [0.1, 0.15) is 17.2 Å². The number of pyridine rings is 1. The minimum Gasteiger partial charge on any atom is -0.387 e. The van der Waals surface area contributed by atoms with Gasteiger partial charge in [-0.2, -0.15) is 0 Å². The Morgan fingerprint density at radius 2 is 2.24 bits per heavy atom. The second-order valence-electron chi connectivity index (χ2n) is 4.46. The molecule has 2 rings (SSSR count). The SMILES string of the molecule is N=C(N)c1c(NC[C@@H](O)c2cccc(Cl)c2)cc[nH]c1=O. The molecule has 1 atom stereocenters. The molecule has 6 N–H and O–H groups in total. The Hall–Kier alpha value is -2.31. The number of halogens is 1. The summed E-state index contributed by atoms with van der Waals surface area (Å²) in [7, 11) is 0. The van der Waals surface area contributed by atoms with Gasteiger partial charge < -0.3 is 21.1 Å². The molecule has 7 heteroatoms. The molecule has 0 aliphatic rings. The molecular weight excluding hydrogens is 292 g/mol. The maximum Gasteiger partial charge on any atom is 0.261 e. The number of amidine groups is 1. The van der Waals surface area contributed by atoms with Crippen LogP contribution in [-0.2, 0) is 0 Å². The fourth-order valence-corrected chi connectivity index (χ4v) is 2.13. The molecule has 0 fully saturated rings. The van der Waals surface area contributed by atoms with Crippen molar-refractivity contribution in [2.24, 2.45) is 5.73 Å². The van der Waals surface area contributed by atoms with Crippen LogP contribution in [0.25, 0.3) is 0 Å². The highest BCUT2D eigenvalue weighted by Gasteiger charge is 2.12. The van der Waals surface area contributed by atoms with E-state index in [1.807, 2.05) is 0 Å². The highest BCUT2D eigenvalue weighted by molar-refractivity contribution is 6.30. The number of hydrogen-bond acceptors (Lipinski definition) is 4. The van der Waals surface area contributed by atoms with Gasteiger partial charge in [0.2, 0.25) is 0 Å². The van der Waals surface area contributed by atoms with E-state index in [0.717, 1.165) is 0 Å². The van der Waals surface area contributed by atoms with Gasteiger partial charge in [0.15, 0.2) is 0 Å². The molecule has 0 bridgehead atoms. The van der Waals surface area contributed by atoms with Gasteiger partial charge in [0.05, 0.1) is 11.8 Å². The minimum absolute atomic E-state index is 0.0517. The number of hydrogen-bond donors (Lipinski definition) is 5. The molecule has 0 amide bonds. The lowest BCUT2D eigenvalue weighted by Gasteiger charge is -2.15. The van der Waals surface area contributed by atoms with E-state index in [1.165, 1.54) is 6.20 Å². The third kappa shape index (κ3) is 3.62. The first-order valence-corrected chi connectivity index (χ1v) is 6.60. The molecule has 21 heavy (non-hydrogen) atoms. The fraction of sp³-hybridized carbons (Fsp3) is 0.143. The number of aliphatic hydroxyl groups excluding tert-OH is 1. The first-order chi connectivity index (χ1) is 9.99. The van der Waals surface area contributed by atoms with Gasteiger partial charge in [-0.25, -0.2) is 0 Å². The molecule has 0 unspecified atom stereocenters. The molecule has 0 aliphatic carbocycles. The normalized spacial score (nSPS) is 11.9. The van der Waals surface area contributed by atoms with Gasteiger partial charge in [0.25, 0.3) is 5.56 Å². The van der Waals surface area contributed by atoms with E-state index in [9.17, 15) is 9.90 Å². The monoisotopic (exact) mass is 306 g/mol. The van der Waals surface area contributed by atoms with E-state index < -0.39 is 11.7 Å². The second-order valence-corrected chi connectivity index (χ2v) is 4.90. The molecule has 0 saturated carbocycles. The molecule has 2 aromatic rings. The number of rotatable bonds is 5. The Balaban J connectivity index is 2.15. The van der Waals surface area contributed by atoms with Gasteiger partial charge in [-0.05, 0) is 23.8 Å². The zero-order valence-electron chi connectivity index (χ0n) is 11.1. The molecule has 110 valence electrons. The minimum atomic E-state index is -0.803. The average Bonchev–Trinajstić information content (AvgIpc) is 2.44. The zero-order chi connectivity index (χ0) is 15.4. The number of aromatic amines is 1.